The van der Waals surface area contributed by atoms with Gasteiger partial charge in [0.15, 0.2) is 0 Å². The summed E-state index contributed by atoms with van der Waals surface area (Å²) in [5.74, 6) is 1.06. The van der Waals surface area contributed by atoms with Gasteiger partial charge in [0.2, 0.25) is 11.9 Å². The molecule has 1 saturated heterocycles. The lowest BCUT2D eigenvalue weighted by Gasteiger charge is -2.31. The van der Waals surface area contributed by atoms with Crippen LogP contribution in [0, 0.1) is 0 Å². The van der Waals surface area contributed by atoms with E-state index in [0.717, 1.165) is 18.7 Å². The Kier molecular flexibility index (Phi) is 3.83. The van der Waals surface area contributed by atoms with Crippen LogP contribution in [0.25, 0.3) is 0 Å². The molecule has 1 unspecified atom stereocenters. The molecule has 0 bridgehead atoms. The van der Waals surface area contributed by atoms with E-state index in [-0.39, 0.29) is 0 Å². The quantitative estimate of drug-likeness (QED) is 0.922. The Bertz CT molecular complexity index is 559. The van der Waals surface area contributed by atoms with E-state index in [1.165, 1.54) is 12.8 Å². The van der Waals surface area contributed by atoms with Gasteiger partial charge >= 0.3 is 0 Å². The van der Waals surface area contributed by atoms with Crippen molar-refractivity contribution in [1.29, 1.82) is 0 Å². The molecule has 1 aliphatic heterocycles. The Morgan fingerprint density at radius 3 is 2.70 bits per heavy atom. The third kappa shape index (κ3) is 2.91. The maximum Gasteiger partial charge on any atom is 0.229 e. The van der Waals surface area contributed by atoms with Crippen LogP contribution in [0.2, 0.25) is 0 Å². The van der Waals surface area contributed by atoms with Crippen LogP contribution in [0.5, 0.6) is 0 Å². The van der Waals surface area contributed by atoms with Crippen molar-refractivity contribution >= 4 is 11.9 Å². The van der Waals surface area contributed by atoms with Crippen molar-refractivity contribution in [1.82, 2.24) is 24.8 Å². The highest BCUT2D eigenvalue weighted by Gasteiger charge is 2.22. The van der Waals surface area contributed by atoms with E-state index in [2.05, 4.69) is 37.2 Å². The van der Waals surface area contributed by atoms with E-state index >= 15 is 0 Å². The van der Waals surface area contributed by atoms with Gasteiger partial charge < -0.3 is 0 Å². The van der Waals surface area contributed by atoms with Crippen LogP contribution in [0.15, 0.2) is 30.7 Å². The normalized spacial score (nSPS) is 19.8. The van der Waals surface area contributed by atoms with E-state index in [9.17, 15) is 0 Å². The number of likely N-dealkylation sites (tertiary alicyclic amines) is 1. The van der Waals surface area contributed by atoms with Gasteiger partial charge in [0.05, 0.1) is 11.7 Å². The second kappa shape index (κ2) is 5.92. The van der Waals surface area contributed by atoms with Gasteiger partial charge in [0.25, 0.3) is 0 Å². The molecule has 20 heavy (non-hydrogen) atoms. The molecule has 6 heteroatoms. The molecule has 0 radical (unpaired) electrons. The Morgan fingerprint density at radius 2 is 1.90 bits per heavy atom. The van der Waals surface area contributed by atoms with Crippen molar-refractivity contribution in [2.24, 2.45) is 0 Å². The fourth-order valence-electron chi connectivity index (χ4n) is 2.53. The Labute approximate surface area is 118 Å². The molecule has 3 heterocycles. The zero-order valence-corrected chi connectivity index (χ0v) is 11.5. The summed E-state index contributed by atoms with van der Waals surface area (Å²) in [6, 6.07) is 4.15. The van der Waals surface area contributed by atoms with Gasteiger partial charge in [0, 0.05) is 18.6 Å². The first kappa shape index (κ1) is 12.9. The highest BCUT2D eigenvalue weighted by molar-refractivity contribution is 5.41. The lowest BCUT2D eigenvalue weighted by molar-refractivity contribution is 0.183. The van der Waals surface area contributed by atoms with Crippen LogP contribution in [-0.2, 0) is 0 Å². The van der Waals surface area contributed by atoms with Crippen molar-refractivity contribution in [3.05, 3.63) is 36.4 Å². The molecule has 2 aromatic rings. The standard InChI is InChI=1S/C14H18N6/c1-20-10-3-2-5-12(20)11-6-9-17-14(18-11)19-13-15-7-4-8-16-13/h4,6-9,12H,2-3,5,10H2,1H3,(H,15,16,17,18,19). The Hall–Kier alpha value is -2.08. The molecular weight excluding hydrogens is 252 g/mol. The number of nitrogens with one attached hydrogen (secondary N) is 1. The second-order valence-corrected chi connectivity index (χ2v) is 4.99. The van der Waals surface area contributed by atoms with Crippen molar-refractivity contribution in [2.45, 2.75) is 25.3 Å². The summed E-state index contributed by atoms with van der Waals surface area (Å²) in [6.45, 7) is 1.12. The lowest BCUT2D eigenvalue weighted by Crippen LogP contribution is -2.30. The molecule has 1 aliphatic rings. The average molecular weight is 270 g/mol. The Morgan fingerprint density at radius 1 is 1.10 bits per heavy atom. The number of hydrogen-bond donors (Lipinski definition) is 1. The van der Waals surface area contributed by atoms with E-state index in [1.54, 1.807) is 24.7 Å². The highest BCUT2D eigenvalue weighted by atomic mass is 15.2. The van der Waals surface area contributed by atoms with Gasteiger partial charge in [0.1, 0.15) is 0 Å². The van der Waals surface area contributed by atoms with E-state index < -0.39 is 0 Å². The van der Waals surface area contributed by atoms with Gasteiger partial charge in [-0.1, -0.05) is 6.42 Å². The first-order chi connectivity index (χ1) is 9.83. The van der Waals surface area contributed by atoms with Crippen LogP contribution in [-0.4, -0.2) is 38.4 Å². The third-order valence-electron chi connectivity index (χ3n) is 3.58. The Balaban J connectivity index is 1.79. The van der Waals surface area contributed by atoms with E-state index in [1.807, 2.05) is 6.07 Å². The summed E-state index contributed by atoms with van der Waals surface area (Å²) in [6.07, 6.45) is 8.83. The number of rotatable bonds is 3. The monoisotopic (exact) mass is 270 g/mol. The minimum Gasteiger partial charge on any atom is -0.298 e. The first-order valence-electron chi connectivity index (χ1n) is 6.90. The van der Waals surface area contributed by atoms with Gasteiger partial charge in [-0.05, 0) is 38.6 Å². The largest absolute Gasteiger partial charge is 0.298 e. The summed E-state index contributed by atoms with van der Waals surface area (Å²) in [7, 11) is 2.15. The molecule has 0 amide bonds. The van der Waals surface area contributed by atoms with Crippen LogP contribution < -0.4 is 5.32 Å². The molecular formula is C14H18N6. The fraction of sp³-hybridized carbons (Fsp3) is 0.429. The molecule has 0 saturated carbocycles. The molecule has 104 valence electrons. The van der Waals surface area contributed by atoms with Crippen LogP contribution in [0.4, 0.5) is 11.9 Å². The maximum atomic E-state index is 4.60. The van der Waals surface area contributed by atoms with Crippen LogP contribution >= 0.6 is 0 Å². The van der Waals surface area contributed by atoms with E-state index in [4.69, 9.17) is 0 Å². The molecule has 6 nitrogen and oxygen atoms in total. The summed E-state index contributed by atoms with van der Waals surface area (Å²) in [4.78, 5) is 19.4. The molecule has 1 atom stereocenters. The lowest BCUT2D eigenvalue weighted by atomic mass is 10.00. The minimum atomic E-state index is 0.379. The van der Waals surface area contributed by atoms with Crippen molar-refractivity contribution < 1.29 is 0 Å². The van der Waals surface area contributed by atoms with Crippen molar-refractivity contribution in [3.63, 3.8) is 0 Å². The summed E-state index contributed by atoms with van der Waals surface area (Å²) in [5.41, 5.74) is 1.06. The minimum absolute atomic E-state index is 0.379. The first-order valence-corrected chi connectivity index (χ1v) is 6.90. The summed E-state index contributed by atoms with van der Waals surface area (Å²) < 4.78 is 0. The number of aromatic nitrogens is 4. The molecule has 3 rings (SSSR count). The van der Waals surface area contributed by atoms with E-state index in [0.29, 0.717) is 17.9 Å². The van der Waals surface area contributed by atoms with Crippen molar-refractivity contribution in [3.8, 4) is 0 Å². The topological polar surface area (TPSA) is 66.8 Å². The number of piperidine rings is 1. The predicted octanol–water partition coefficient (Wildman–Crippen LogP) is 2.17. The van der Waals surface area contributed by atoms with Gasteiger partial charge in [-0.2, -0.15) is 0 Å². The zero-order valence-electron chi connectivity index (χ0n) is 11.5. The maximum absolute atomic E-state index is 4.60. The van der Waals surface area contributed by atoms with Crippen LogP contribution in [0.3, 0.4) is 0 Å². The number of nitrogens with zero attached hydrogens (tertiary/aromatic N) is 5. The molecule has 0 spiro atoms. The SMILES string of the molecule is CN1CCCCC1c1ccnc(Nc2ncccn2)n1. The summed E-state index contributed by atoms with van der Waals surface area (Å²) >= 11 is 0. The van der Waals surface area contributed by atoms with Gasteiger partial charge in [-0.3, -0.25) is 10.2 Å². The number of hydrogen-bond acceptors (Lipinski definition) is 6. The molecule has 1 fully saturated rings. The molecule has 0 aromatic carbocycles. The highest BCUT2D eigenvalue weighted by Crippen LogP contribution is 2.28. The zero-order chi connectivity index (χ0) is 13.8. The average Bonchev–Trinajstić information content (AvgIpc) is 2.49. The van der Waals surface area contributed by atoms with Crippen molar-refractivity contribution in [2.75, 3.05) is 18.9 Å². The summed E-state index contributed by atoms with van der Waals surface area (Å²) in [5, 5.41) is 3.04. The fourth-order valence-corrected chi connectivity index (χ4v) is 2.53. The predicted molar refractivity (Wildman–Crippen MR) is 76.6 cm³/mol. The molecule has 2 aromatic heterocycles. The molecule has 0 aliphatic carbocycles. The second-order valence-electron chi connectivity index (χ2n) is 4.99. The van der Waals surface area contributed by atoms with Gasteiger partial charge in [-0.25, -0.2) is 19.9 Å². The molecule has 1 N–H and O–H groups in total. The van der Waals surface area contributed by atoms with Gasteiger partial charge in [-0.15, -0.1) is 0 Å². The number of anilines is 2. The van der Waals surface area contributed by atoms with Crippen LogP contribution in [0.1, 0.15) is 31.0 Å². The smallest absolute Gasteiger partial charge is 0.229 e. The third-order valence-corrected chi connectivity index (χ3v) is 3.58.